The van der Waals surface area contributed by atoms with Gasteiger partial charge in [0.15, 0.2) is 6.61 Å². The molecule has 0 radical (unpaired) electrons. The molecule has 2 rings (SSSR count). The summed E-state index contributed by atoms with van der Waals surface area (Å²) in [5, 5.41) is 3.93. The lowest BCUT2D eigenvalue weighted by Gasteiger charge is -2.39. The first-order valence-corrected chi connectivity index (χ1v) is 7.25. The zero-order valence-electron chi connectivity index (χ0n) is 12.0. The smallest absolute Gasteiger partial charge is 0.260 e. The maximum absolute atomic E-state index is 12.1. The largest absolute Gasteiger partial charge is 0.484 e. The summed E-state index contributed by atoms with van der Waals surface area (Å²) in [6.45, 7) is 3.80. The highest BCUT2D eigenvalue weighted by atomic mass is 35.5. The predicted octanol–water partition coefficient (Wildman–Crippen LogP) is 2.32. The van der Waals surface area contributed by atoms with Crippen molar-refractivity contribution in [1.82, 2.24) is 10.2 Å². The van der Waals surface area contributed by atoms with Gasteiger partial charge < -0.3 is 15.0 Å². The van der Waals surface area contributed by atoms with E-state index in [1.54, 1.807) is 24.3 Å². The Morgan fingerprint density at radius 3 is 2.75 bits per heavy atom. The molecule has 1 aliphatic rings. The number of halogens is 1. The molecule has 0 atom stereocenters. The van der Waals surface area contributed by atoms with Gasteiger partial charge in [0.2, 0.25) is 0 Å². The number of hydrogen-bond acceptors (Lipinski definition) is 3. The summed E-state index contributed by atoms with van der Waals surface area (Å²) in [6.07, 6.45) is 1.93. The molecular weight excluding hydrogens is 276 g/mol. The van der Waals surface area contributed by atoms with Crippen LogP contribution in [0.4, 0.5) is 0 Å². The van der Waals surface area contributed by atoms with Crippen molar-refractivity contribution in [3.63, 3.8) is 0 Å². The first-order valence-electron chi connectivity index (χ1n) is 6.87. The molecule has 1 fully saturated rings. The van der Waals surface area contributed by atoms with Crippen LogP contribution in [-0.4, -0.2) is 43.1 Å². The van der Waals surface area contributed by atoms with E-state index in [1.807, 2.05) is 11.9 Å². The summed E-state index contributed by atoms with van der Waals surface area (Å²) in [6, 6.07) is 7.09. The zero-order chi connectivity index (χ0) is 14.6. The second-order valence-corrected chi connectivity index (χ2v) is 5.87. The molecule has 5 heteroatoms. The van der Waals surface area contributed by atoms with Crippen LogP contribution >= 0.6 is 11.6 Å². The molecule has 110 valence electrons. The van der Waals surface area contributed by atoms with E-state index in [0.29, 0.717) is 10.8 Å². The maximum atomic E-state index is 12.1. The lowest BCUT2D eigenvalue weighted by atomic mass is 9.90. The molecule has 4 nitrogen and oxygen atoms in total. The van der Waals surface area contributed by atoms with Gasteiger partial charge in [0, 0.05) is 23.7 Å². The van der Waals surface area contributed by atoms with Crippen molar-refractivity contribution in [3.05, 3.63) is 29.3 Å². The van der Waals surface area contributed by atoms with Gasteiger partial charge in [0.25, 0.3) is 5.91 Å². The number of carbonyl (C=O) groups is 1. The molecule has 1 aromatic carbocycles. The van der Waals surface area contributed by atoms with Crippen molar-refractivity contribution < 1.29 is 9.53 Å². The summed E-state index contributed by atoms with van der Waals surface area (Å²) in [5.41, 5.74) is 0.143. The SMILES string of the molecule is CNC1(C)CCN(C(=O)COc2cccc(Cl)c2)CC1. The number of piperidine rings is 1. The standard InChI is InChI=1S/C15H21ClN2O2/c1-15(17-2)6-8-18(9-7-15)14(19)11-20-13-5-3-4-12(16)10-13/h3-5,10,17H,6-9,11H2,1-2H3. The molecular formula is C15H21ClN2O2. The molecule has 0 aromatic heterocycles. The lowest BCUT2D eigenvalue weighted by molar-refractivity contribution is -0.135. The van der Waals surface area contributed by atoms with E-state index < -0.39 is 0 Å². The fourth-order valence-electron chi connectivity index (χ4n) is 2.29. The molecule has 1 heterocycles. The maximum Gasteiger partial charge on any atom is 0.260 e. The van der Waals surface area contributed by atoms with E-state index >= 15 is 0 Å². The minimum atomic E-state index is 0.0307. The number of likely N-dealkylation sites (tertiary alicyclic amines) is 1. The monoisotopic (exact) mass is 296 g/mol. The van der Waals surface area contributed by atoms with Crippen LogP contribution in [0, 0.1) is 0 Å². The number of benzene rings is 1. The Labute approximate surface area is 125 Å². The number of rotatable bonds is 4. The van der Waals surface area contributed by atoms with Gasteiger partial charge in [0.1, 0.15) is 5.75 Å². The van der Waals surface area contributed by atoms with E-state index in [4.69, 9.17) is 16.3 Å². The molecule has 0 spiro atoms. The van der Waals surface area contributed by atoms with Crippen LogP contribution in [0.2, 0.25) is 5.02 Å². The molecule has 1 N–H and O–H groups in total. The summed E-state index contributed by atoms with van der Waals surface area (Å²) in [7, 11) is 1.97. The van der Waals surface area contributed by atoms with Crippen molar-refractivity contribution in [1.29, 1.82) is 0 Å². The number of nitrogens with zero attached hydrogens (tertiary/aromatic N) is 1. The molecule has 0 aliphatic carbocycles. The van der Waals surface area contributed by atoms with Crippen molar-refractivity contribution in [2.24, 2.45) is 0 Å². The normalized spacial score (nSPS) is 17.9. The van der Waals surface area contributed by atoms with E-state index in [9.17, 15) is 4.79 Å². The van der Waals surface area contributed by atoms with Gasteiger partial charge in [-0.3, -0.25) is 4.79 Å². The minimum Gasteiger partial charge on any atom is -0.484 e. The Morgan fingerprint density at radius 2 is 2.15 bits per heavy atom. The second kappa shape index (κ2) is 6.46. The van der Waals surface area contributed by atoms with Crippen LogP contribution in [0.1, 0.15) is 19.8 Å². The Bertz CT molecular complexity index is 471. The van der Waals surface area contributed by atoms with E-state index in [0.717, 1.165) is 25.9 Å². The summed E-state index contributed by atoms with van der Waals surface area (Å²) < 4.78 is 5.49. The Kier molecular flexibility index (Phi) is 4.89. The van der Waals surface area contributed by atoms with Crippen LogP contribution in [0.5, 0.6) is 5.75 Å². The molecule has 20 heavy (non-hydrogen) atoms. The molecule has 0 unspecified atom stereocenters. The molecule has 1 amide bonds. The predicted molar refractivity (Wildman–Crippen MR) is 80.2 cm³/mol. The molecule has 0 bridgehead atoms. The molecule has 1 saturated heterocycles. The fraction of sp³-hybridized carbons (Fsp3) is 0.533. The van der Waals surface area contributed by atoms with Crippen LogP contribution in [0.15, 0.2) is 24.3 Å². The van der Waals surface area contributed by atoms with Gasteiger partial charge in [-0.1, -0.05) is 17.7 Å². The van der Waals surface area contributed by atoms with Crippen LogP contribution in [0.3, 0.4) is 0 Å². The van der Waals surface area contributed by atoms with E-state index in [-0.39, 0.29) is 18.1 Å². The number of ether oxygens (including phenoxy) is 1. The highest BCUT2D eigenvalue weighted by Crippen LogP contribution is 2.21. The van der Waals surface area contributed by atoms with E-state index in [2.05, 4.69) is 12.2 Å². The first-order chi connectivity index (χ1) is 9.52. The molecule has 1 aliphatic heterocycles. The number of carbonyl (C=O) groups excluding carboxylic acids is 1. The quantitative estimate of drug-likeness (QED) is 0.927. The zero-order valence-corrected chi connectivity index (χ0v) is 12.7. The number of nitrogens with one attached hydrogen (secondary N) is 1. The third kappa shape index (κ3) is 3.87. The van der Waals surface area contributed by atoms with Gasteiger partial charge in [-0.15, -0.1) is 0 Å². The van der Waals surface area contributed by atoms with Crippen LogP contribution in [-0.2, 0) is 4.79 Å². The van der Waals surface area contributed by atoms with Crippen molar-refractivity contribution in [2.45, 2.75) is 25.3 Å². The van der Waals surface area contributed by atoms with Crippen molar-refractivity contribution >= 4 is 17.5 Å². The van der Waals surface area contributed by atoms with Gasteiger partial charge in [0.05, 0.1) is 0 Å². The lowest BCUT2D eigenvalue weighted by Crippen LogP contribution is -2.52. The highest BCUT2D eigenvalue weighted by molar-refractivity contribution is 6.30. The van der Waals surface area contributed by atoms with Crippen molar-refractivity contribution in [3.8, 4) is 5.75 Å². The topological polar surface area (TPSA) is 41.6 Å². The van der Waals surface area contributed by atoms with Gasteiger partial charge in [-0.2, -0.15) is 0 Å². The average molecular weight is 297 g/mol. The van der Waals surface area contributed by atoms with Crippen LogP contribution < -0.4 is 10.1 Å². The van der Waals surface area contributed by atoms with E-state index in [1.165, 1.54) is 0 Å². The number of hydrogen-bond donors (Lipinski definition) is 1. The molecule has 1 aromatic rings. The average Bonchev–Trinajstić information content (AvgIpc) is 2.46. The second-order valence-electron chi connectivity index (χ2n) is 5.44. The van der Waals surface area contributed by atoms with Crippen molar-refractivity contribution in [2.75, 3.05) is 26.7 Å². The number of amides is 1. The Balaban J connectivity index is 1.81. The Hall–Kier alpha value is -1.26. The van der Waals surface area contributed by atoms with Crippen LogP contribution in [0.25, 0.3) is 0 Å². The minimum absolute atomic E-state index is 0.0307. The Morgan fingerprint density at radius 1 is 1.45 bits per heavy atom. The third-order valence-corrected chi connectivity index (χ3v) is 4.22. The van der Waals surface area contributed by atoms with Gasteiger partial charge in [-0.25, -0.2) is 0 Å². The van der Waals surface area contributed by atoms with Gasteiger partial charge in [-0.05, 0) is 45.0 Å². The molecule has 0 saturated carbocycles. The fourth-order valence-corrected chi connectivity index (χ4v) is 2.47. The first kappa shape index (κ1) is 15.1. The summed E-state index contributed by atoms with van der Waals surface area (Å²) >= 11 is 5.87. The third-order valence-electron chi connectivity index (χ3n) is 3.98. The summed E-state index contributed by atoms with van der Waals surface area (Å²) in [4.78, 5) is 14.0. The highest BCUT2D eigenvalue weighted by Gasteiger charge is 2.30. The van der Waals surface area contributed by atoms with Gasteiger partial charge >= 0.3 is 0 Å². The summed E-state index contributed by atoms with van der Waals surface area (Å²) in [5.74, 6) is 0.658.